The molecule has 0 unspecified atom stereocenters. The number of hydrogen-bond donors (Lipinski definition) is 7. The normalized spacial score (nSPS) is 16.6. The number of nitrogens with zero attached hydrogens (tertiary/aromatic N) is 21. The maximum absolute atomic E-state index is 11.5. The van der Waals surface area contributed by atoms with Gasteiger partial charge in [0.05, 0.1) is 79.7 Å². The van der Waals surface area contributed by atoms with Gasteiger partial charge in [-0.3, -0.25) is 4.57 Å². The minimum atomic E-state index is -3.23. The lowest BCUT2D eigenvalue weighted by molar-refractivity contribution is 0.122. The first-order chi connectivity index (χ1) is 47.4. The predicted octanol–water partition coefficient (Wildman–Crippen LogP) is 3.19. The Labute approximate surface area is 573 Å². The van der Waals surface area contributed by atoms with Crippen LogP contribution in [0.3, 0.4) is 0 Å². The second-order valence-corrected chi connectivity index (χ2v) is 27.6. The Morgan fingerprint density at radius 2 is 0.806 bits per heavy atom. The number of hydrogen-bond acceptors (Lipinski definition) is 29. The molecule has 0 aromatic carbocycles. The van der Waals surface area contributed by atoms with E-state index in [1.165, 1.54) is 44.8 Å². The zero-order valence-electron chi connectivity index (χ0n) is 56.2. The number of nitrogen functional groups attached to an aromatic ring is 3. The van der Waals surface area contributed by atoms with Crippen molar-refractivity contribution >= 4 is 90.4 Å². The van der Waals surface area contributed by atoms with Gasteiger partial charge < -0.3 is 72.4 Å². The molecular formula is C63H89ClN28O5S. The number of fused-ring (bicyclic) bond motifs is 3. The molecule has 12 heterocycles. The van der Waals surface area contributed by atoms with E-state index in [2.05, 4.69) is 63.4 Å². The molecule has 9 aromatic rings. The van der Waals surface area contributed by atoms with E-state index in [1.807, 2.05) is 25.3 Å². The standard InChI is InChI=1S/C22H31N9O3S.C21H29N9O.C18H21ClN8O.C2H8N2/c1-14-16(12-24-22(23)26-14)19-28-20(30-8-10-34-11-9-30)18-21(29-19)31(13-15-5-6-15)17(27-18)4-3-7-25-35(2,32)33;1-13-15(11-24-21(23)25-13)18-27-19(29-7-9-31-10-8-29)17-20(28-18)30(12-14-4-5-14)16(26-17)3-2-6-22;1-10-12(8-21-18(20)22-10)14-24-15(26-4-6-28-7-5-26)13-16(25-14)27(17(19)23-13)9-11-2-3-11;3-1-2-4/h12,15,25H,3-11,13H2,1-2H3,(H2,23,24,26);11,14H,2-10,12,22H2,1H3,(H2,23,24,25);8,11H,2-7,9H2,1H3,(H2,20,21,22);1-4H2. The van der Waals surface area contributed by atoms with Gasteiger partial charge in [-0.25, -0.2) is 87.9 Å². The van der Waals surface area contributed by atoms with Gasteiger partial charge in [0.25, 0.3) is 0 Å². The summed E-state index contributed by atoms with van der Waals surface area (Å²) in [5, 5.41) is 0.452. The Kier molecular flexibility index (Phi) is 22.2. The van der Waals surface area contributed by atoms with Gasteiger partial charge in [-0.2, -0.15) is 0 Å². The Morgan fingerprint density at radius 3 is 1.13 bits per heavy atom. The highest BCUT2D eigenvalue weighted by Crippen LogP contribution is 2.39. The van der Waals surface area contributed by atoms with Crippen LogP contribution in [-0.4, -0.2) is 208 Å². The Morgan fingerprint density at radius 1 is 0.469 bits per heavy atom. The summed E-state index contributed by atoms with van der Waals surface area (Å²) in [6.45, 7) is 18.8. The number of nitrogens with two attached hydrogens (primary N) is 6. The van der Waals surface area contributed by atoms with E-state index in [1.54, 1.807) is 18.6 Å². The fraction of sp³-hybridized carbons (Fsp3) is 0.571. The van der Waals surface area contributed by atoms with Crippen LogP contribution in [0.5, 0.6) is 0 Å². The molecule has 0 atom stereocenters. The first-order valence-corrected chi connectivity index (χ1v) is 36.0. The van der Waals surface area contributed by atoms with Gasteiger partial charge in [-0.05, 0) is 108 Å². The third-order valence-electron chi connectivity index (χ3n) is 17.6. The van der Waals surface area contributed by atoms with Crippen molar-refractivity contribution in [3.05, 3.63) is 52.6 Å². The summed E-state index contributed by atoms with van der Waals surface area (Å²) < 4.78 is 48.6. The lowest BCUT2D eigenvalue weighted by atomic mass is 10.2. The zero-order valence-corrected chi connectivity index (χ0v) is 57.7. The van der Waals surface area contributed by atoms with Crippen molar-refractivity contribution in [1.29, 1.82) is 0 Å². The second-order valence-electron chi connectivity index (χ2n) is 25.4. The number of rotatable bonds is 21. The van der Waals surface area contributed by atoms with Crippen LogP contribution in [0.25, 0.3) is 67.7 Å². The summed E-state index contributed by atoms with van der Waals surface area (Å²) in [6.07, 6.45) is 16.5. The fourth-order valence-electron chi connectivity index (χ4n) is 11.9. The third-order valence-corrected chi connectivity index (χ3v) is 18.6. The quantitative estimate of drug-likeness (QED) is 0.0401. The summed E-state index contributed by atoms with van der Waals surface area (Å²) in [6, 6.07) is 0. The predicted molar refractivity (Wildman–Crippen MR) is 375 cm³/mol. The van der Waals surface area contributed by atoms with Crippen molar-refractivity contribution in [3.63, 3.8) is 0 Å². The van der Waals surface area contributed by atoms with Gasteiger partial charge in [0, 0.05) is 110 Å². The number of sulfonamides is 1. The molecule has 35 heteroatoms. The fourth-order valence-corrected chi connectivity index (χ4v) is 12.6. The number of morpholine rings is 3. The first-order valence-electron chi connectivity index (χ1n) is 33.7. The lowest BCUT2D eigenvalue weighted by Gasteiger charge is -2.28. The van der Waals surface area contributed by atoms with Crippen LogP contribution in [0, 0.1) is 38.5 Å². The van der Waals surface area contributed by atoms with E-state index in [4.69, 9.17) is 100 Å². The van der Waals surface area contributed by atoms with Crippen molar-refractivity contribution in [3.8, 4) is 34.2 Å². The smallest absolute Gasteiger partial charge is 0.220 e. The van der Waals surface area contributed by atoms with Crippen LogP contribution < -0.4 is 53.8 Å². The van der Waals surface area contributed by atoms with Crippen molar-refractivity contribution in [2.24, 2.45) is 35.0 Å². The summed E-state index contributed by atoms with van der Waals surface area (Å²) in [7, 11) is -3.23. The maximum Gasteiger partial charge on any atom is 0.220 e. The van der Waals surface area contributed by atoms with E-state index >= 15 is 0 Å². The van der Waals surface area contributed by atoms with Crippen molar-refractivity contribution in [2.75, 3.05) is 143 Å². The SMILES string of the molecule is Cc1nc(N)ncc1-c1nc(N2CCOCC2)c2nc(CCCN)n(CC3CC3)c2n1.Cc1nc(N)ncc1-c1nc(N2CCOCC2)c2nc(CCCNS(C)(=O)=O)n(CC3CC3)c2n1.Cc1nc(N)ncc1-c1nc(N2CCOCC2)c2nc(Cl)n(CC3CC3)c2n1.NCCN. The Hall–Kier alpha value is -8.35. The molecule has 0 radical (unpaired) electrons. The van der Waals surface area contributed by atoms with Crippen LogP contribution in [0.15, 0.2) is 18.6 Å². The molecule has 13 N–H and O–H groups in total. The zero-order chi connectivity index (χ0) is 68.6. The van der Waals surface area contributed by atoms with E-state index in [0.717, 1.165) is 149 Å². The molecule has 9 aromatic heterocycles. The maximum atomic E-state index is 11.5. The van der Waals surface area contributed by atoms with Gasteiger partial charge in [-0.1, -0.05) is 0 Å². The van der Waals surface area contributed by atoms with Crippen LogP contribution in [0.2, 0.25) is 5.28 Å². The molecule has 524 valence electrons. The van der Waals surface area contributed by atoms with Crippen LogP contribution in [0.1, 0.15) is 80.1 Å². The van der Waals surface area contributed by atoms with Crippen LogP contribution in [-0.2, 0) is 56.7 Å². The molecule has 3 saturated heterocycles. The minimum Gasteiger partial charge on any atom is -0.378 e. The molecule has 3 aliphatic heterocycles. The highest BCUT2D eigenvalue weighted by Gasteiger charge is 2.32. The number of ether oxygens (including phenoxy) is 3. The topological polar surface area (TPSA) is 448 Å². The molecular weight excluding hydrogens is 1300 g/mol. The molecule has 3 saturated carbocycles. The van der Waals surface area contributed by atoms with E-state index in [-0.39, 0.29) is 17.8 Å². The monoisotopic (exact) mass is 1380 g/mol. The second kappa shape index (κ2) is 31.2. The third kappa shape index (κ3) is 17.0. The number of anilines is 6. The number of nitrogens with one attached hydrogen (secondary N) is 1. The Bertz CT molecular complexity index is 4370. The van der Waals surface area contributed by atoms with Crippen molar-refractivity contribution in [2.45, 2.75) is 105 Å². The molecule has 33 nitrogen and oxygen atoms in total. The minimum absolute atomic E-state index is 0.212. The molecule has 3 aliphatic carbocycles. The van der Waals surface area contributed by atoms with Crippen molar-refractivity contribution < 1.29 is 22.6 Å². The molecule has 15 rings (SSSR count). The average Bonchev–Trinajstić information content (AvgIpc) is 1.62. The highest BCUT2D eigenvalue weighted by atomic mass is 35.5. The van der Waals surface area contributed by atoms with Crippen LogP contribution in [0.4, 0.5) is 35.3 Å². The summed E-state index contributed by atoms with van der Waals surface area (Å²) in [5.74, 6) is 8.67. The van der Waals surface area contributed by atoms with Gasteiger partial charge in [0.1, 0.15) is 11.6 Å². The molecule has 6 aliphatic rings. The van der Waals surface area contributed by atoms with Gasteiger partial charge in [0.15, 0.2) is 68.4 Å². The van der Waals surface area contributed by atoms with Gasteiger partial charge in [0.2, 0.25) is 33.2 Å². The summed E-state index contributed by atoms with van der Waals surface area (Å²) in [4.78, 5) is 76.1. The summed E-state index contributed by atoms with van der Waals surface area (Å²) in [5.41, 5.74) is 42.1. The molecule has 0 bridgehead atoms. The molecule has 0 spiro atoms. The number of imidazole rings is 3. The van der Waals surface area contributed by atoms with E-state index in [9.17, 15) is 8.42 Å². The van der Waals surface area contributed by atoms with E-state index < -0.39 is 10.0 Å². The number of aryl methyl sites for hydroxylation is 5. The summed E-state index contributed by atoms with van der Waals surface area (Å²) >= 11 is 6.50. The van der Waals surface area contributed by atoms with Gasteiger partial charge >= 0.3 is 0 Å². The largest absolute Gasteiger partial charge is 0.378 e. The van der Waals surface area contributed by atoms with Crippen molar-refractivity contribution in [1.82, 2.24) is 93.2 Å². The lowest BCUT2D eigenvalue weighted by Crippen LogP contribution is -2.37. The average molecular weight is 1390 g/mol. The molecule has 98 heavy (non-hydrogen) atoms. The van der Waals surface area contributed by atoms with Crippen LogP contribution >= 0.6 is 11.6 Å². The van der Waals surface area contributed by atoms with Gasteiger partial charge in [-0.15, -0.1) is 0 Å². The number of halogens is 1. The Balaban J connectivity index is 0.000000137. The highest BCUT2D eigenvalue weighted by molar-refractivity contribution is 7.88. The molecule has 6 fully saturated rings. The first kappa shape index (κ1) is 69.5. The number of aromatic nitrogens is 18. The molecule has 0 amide bonds. The van der Waals surface area contributed by atoms with E-state index in [0.29, 0.717) is 138 Å².